The van der Waals surface area contributed by atoms with Gasteiger partial charge in [0.25, 0.3) is 0 Å². The minimum atomic E-state index is -3.10. The molecule has 4 nitrogen and oxygen atoms in total. The molecule has 1 aromatic rings. The van der Waals surface area contributed by atoms with Gasteiger partial charge in [-0.25, -0.2) is 8.42 Å². The van der Waals surface area contributed by atoms with Crippen molar-refractivity contribution in [2.45, 2.75) is 23.8 Å². The third-order valence-electron chi connectivity index (χ3n) is 2.87. The number of nitrogens with one attached hydrogen (secondary N) is 1. The van der Waals surface area contributed by atoms with Gasteiger partial charge in [0, 0.05) is 31.2 Å². The predicted octanol–water partition coefficient (Wildman–Crippen LogP) is 1.68. The van der Waals surface area contributed by atoms with E-state index in [2.05, 4.69) is 5.32 Å². The fourth-order valence-corrected chi connectivity index (χ4v) is 2.51. The summed E-state index contributed by atoms with van der Waals surface area (Å²) in [6.07, 6.45) is 3.20. The molecule has 5 heteroatoms. The molecule has 0 aliphatic carbocycles. The Bertz CT molecular complexity index is 461. The first-order valence-electron chi connectivity index (χ1n) is 5.70. The Morgan fingerprint density at radius 2 is 1.76 bits per heavy atom. The molecule has 1 N–H and O–H groups in total. The van der Waals surface area contributed by atoms with Crippen molar-refractivity contribution in [2.75, 3.05) is 24.8 Å². The van der Waals surface area contributed by atoms with Gasteiger partial charge in [0.15, 0.2) is 9.84 Å². The van der Waals surface area contributed by atoms with Crippen LogP contribution in [0.15, 0.2) is 29.2 Å². The average molecular weight is 255 g/mol. The number of anilines is 1. The van der Waals surface area contributed by atoms with E-state index in [-0.39, 0.29) is 0 Å². The van der Waals surface area contributed by atoms with Crippen LogP contribution in [-0.4, -0.2) is 33.9 Å². The lowest BCUT2D eigenvalue weighted by Gasteiger charge is -2.24. The standard InChI is InChI=1S/C12H17NO3S/c1-17(14,15)12-4-2-10(3-5-12)13-11-6-8-16-9-7-11/h2-5,11,13H,6-9H2,1H3. The highest BCUT2D eigenvalue weighted by Gasteiger charge is 2.13. The fourth-order valence-electron chi connectivity index (χ4n) is 1.88. The highest BCUT2D eigenvalue weighted by Crippen LogP contribution is 2.17. The quantitative estimate of drug-likeness (QED) is 0.893. The molecule has 1 aliphatic rings. The summed E-state index contributed by atoms with van der Waals surface area (Å²) in [4.78, 5) is 0.357. The third-order valence-corrected chi connectivity index (χ3v) is 4.00. The highest BCUT2D eigenvalue weighted by molar-refractivity contribution is 7.90. The van der Waals surface area contributed by atoms with Crippen LogP contribution in [0.4, 0.5) is 5.69 Å². The Hall–Kier alpha value is -1.07. The SMILES string of the molecule is CS(=O)(=O)c1ccc(NC2CCOCC2)cc1. The van der Waals surface area contributed by atoms with Crippen molar-refractivity contribution in [1.82, 2.24) is 0 Å². The number of ether oxygens (including phenoxy) is 1. The van der Waals surface area contributed by atoms with Gasteiger partial charge in [0.1, 0.15) is 0 Å². The van der Waals surface area contributed by atoms with Crippen LogP contribution >= 0.6 is 0 Å². The van der Waals surface area contributed by atoms with Gasteiger partial charge in [0.2, 0.25) is 0 Å². The lowest BCUT2D eigenvalue weighted by Crippen LogP contribution is -2.27. The molecule has 0 bridgehead atoms. The number of hydrogen-bond acceptors (Lipinski definition) is 4. The zero-order valence-corrected chi connectivity index (χ0v) is 10.7. The molecule has 1 saturated heterocycles. The second-order valence-corrected chi connectivity index (χ2v) is 6.34. The Kier molecular flexibility index (Phi) is 3.69. The van der Waals surface area contributed by atoms with E-state index in [1.165, 1.54) is 6.26 Å². The summed E-state index contributed by atoms with van der Waals surface area (Å²) in [6.45, 7) is 1.58. The van der Waals surface area contributed by atoms with Crippen LogP contribution in [0.3, 0.4) is 0 Å². The maximum atomic E-state index is 11.3. The lowest BCUT2D eigenvalue weighted by molar-refractivity contribution is 0.0904. The van der Waals surface area contributed by atoms with E-state index in [0.717, 1.165) is 31.7 Å². The Morgan fingerprint density at radius 3 is 2.29 bits per heavy atom. The third kappa shape index (κ3) is 3.44. The van der Waals surface area contributed by atoms with Gasteiger partial charge in [0.05, 0.1) is 4.90 Å². The second kappa shape index (κ2) is 5.06. The Labute approximate surface area is 102 Å². The van der Waals surface area contributed by atoms with E-state index in [1.54, 1.807) is 12.1 Å². The minimum absolute atomic E-state index is 0.357. The Morgan fingerprint density at radius 1 is 1.18 bits per heavy atom. The number of rotatable bonds is 3. The van der Waals surface area contributed by atoms with Crippen LogP contribution in [0.25, 0.3) is 0 Å². The van der Waals surface area contributed by atoms with E-state index in [1.807, 2.05) is 12.1 Å². The number of benzene rings is 1. The fraction of sp³-hybridized carbons (Fsp3) is 0.500. The van der Waals surface area contributed by atoms with Gasteiger partial charge in [-0.15, -0.1) is 0 Å². The molecule has 1 aromatic carbocycles. The van der Waals surface area contributed by atoms with E-state index < -0.39 is 9.84 Å². The van der Waals surface area contributed by atoms with Crippen molar-refractivity contribution >= 4 is 15.5 Å². The summed E-state index contributed by atoms with van der Waals surface area (Å²) in [5.74, 6) is 0. The normalized spacial score (nSPS) is 17.9. The number of sulfone groups is 1. The molecule has 94 valence electrons. The van der Waals surface area contributed by atoms with Crippen LogP contribution in [0.1, 0.15) is 12.8 Å². The number of hydrogen-bond donors (Lipinski definition) is 1. The molecule has 1 aliphatic heterocycles. The second-order valence-electron chi connectivity index (χ2n) is 4.33. The first kappa shape index (κ1) is 12.4. The molecule has 1 fully saturated rings. The molecule has 0 unspecified atom stereocenters. The molecule has 1 heterocycles. The van der Waals surface area contributed by atoms with Gasteiger partial charge in [-0.2, -0.15) is 0 Å². The molecule has 0 radical (unpaired) electrons. The maximum Gasteiger partial charge on any atom is 0.175 e. The van der Waals surface area contributed by atoms with Crippen LogP contribution in [0.2, 0.25) is 0 Å². The van der Waals surface area contributed by atoms with E-state index in [4.69, 9.17) is 4.74 Å². The largest absolute Gasteiger partial charge is 0.382 e. The van der Waals surface area contributed by atoms with Crippen LogP contribution < -0.4 is 5.32 Å². The van der Waals surface area contributed by atoms with Gasteiger partial charge in [-0.1, -0.05) is 0 Å². The van der Waals surface area contributed by atoms with Gasteiger partial charge < -0.3 is 10.1 Å². The van der Waals surface area contributed by atoms with E-state index in [9.17, 15) is 8.42 Å². The molecule has 0 saturated carbocycles. The molecule has 2 rings (SSSR count). The highest BCUT2D eigenvalue weighted by atomic mass is 32.2. The van der Waals surface area contributed by atoms with E-state index >= 15 is 0 Å². The Balaban J connectivity index is 2.03. The monoisotopic (exact) mass is 255 g/mol. The summed E-state index contributed by atoms with van der Waals surface area (Å²) >= 11 is 0. The maximum absolute atomic E-state index is 11.3. The summed E-state index contributed by atoms with van der Waals surface area (Å²) in [5, 5.41) is 3.38. The summed E-state index contributed by atoms with van der Waals surface area (Å²) in [7, 11) is -3.10. The smallest absolute Gasteiger partial charge is 0.175 e. The predicted molar refractivity (Wildman–Crippen MR) is 67.0 cm³/mol. The van der Waals surface area contributed by atoms with E-state index in [0.29, 0.717) is 10.9 Å². The zero-order chi connectivity index (χ0) is 12.3. The van der Waals surface area contributed by atoms with Crippen molar-refractivity contribution < 1.29 is 13.2 Å². The van der Waals surface area contributed by atoms with Crippen molar-refractivity contribution in [2.24, 2.45) is 0 Å². The molecule has 17 heavy (non-hydrogen) atoms. The van der Waals surface area contributed by atoms with Gasteiger partial charge >= 0.3 is 0 Å². The van der Waals surface area contributed by atoms with Crippen LogP contribution in [0, 0.1) is 0 Å². The first-order valence-corrected chi connectivity index (χ1v) is 7.59. The van der Waals surface area contributed by atoms with Crippen molar-refractivity contribution in [3.63, 3.8) is 0 Å². The van der Waals surface area contributed by atoms with Crippen molar-refractivity contribution in [3.05, 3.63) is 24.3 Å². The lowest BCUT2D eigenvalue weighted by atomic mass is 10.1. The van der Waals surface area contributed by atoms with Crippen LogP contribution in [-0.2, 0) is 14.6 Å². The molecule has 0 spiro atoms. The summed E-state index contributed by atoms with van der Waals surface area (Å²) in [5.41, 5.74) is 0.962. The average Bonchev–Trinajstić information content (AvgIpc) is 2.30. The van der Waals surface area contributed by atoms with Crippen LogP contribution in [0.5, 0.6) is 0 Å². The first-order chi connectivity index (χ1) is 8.05. The molecule has 0 aromatic heterocycles. The summed E-state index contributed by atoms with van der Waals surface area (Å²) in [6, 6.07) is 7.32. The summed E-state index contributed by atoms with van der Waals surface area (Å²) < 4.78 is 27.9. The molecule has 0 atom stereocenters. The zero-order valence-electron chi connectivity index (χ0n) is 9.85. The van der Waals surface area contributed by atoms with Gasteiger partial charge in [-0.05, 0) is 37.1 Å². The van der Waals surface area contributed by atoms with Crippen molar-refractivity contribution in [1.29, 1.82) is 0 Å². The van der Waals surface area contributed by atoms with Gasteiger partial charge in [-0.3, -0.25) is 0 Å². The minimum Gasteiger partial charge on any atom is -0.382 e. The topological polar surface area (TPSA) is 55.4 Å². The molecular weight excluding hydrogens is 238 g/mol. The molecule has 0 amide bonds. The molecular formula is C12H17NO3S. The van der Waals surface area contributed by atoms with Crippen molar-refractivity contribution in [3.8, 4) is 0 Å².